The van der Waals surface area contributed by atoms with Gasteiger partial charge in [0.1, 0.15) is 0 Å². The second-order valence-corrected chi connectivity index (χ2v) is 3.39. The van der Waals surface area contributed by atoms with E-state index < -0.39 is 19.0 Å². The van der Waals surface area contributed by atoms with Crippen LogP contribution in [0.1, 0.15) is 5.56 Å². The van der Waals surface area contributed by atoms with Gasteiger partial charge >= 0.3 is 12.3 Å². The third kappa shape index (κ3) is 4.18. The number of pyridine rings is 1. The van der Waals surface area contributed by atoms with Gasteiger partial charge in [-0.3, -0.25) is 0 Å². The molecular formula is C10H12F4N2O. The van der Waals surface area contributed by atoms with Crippen LogP contribution < -0.4 is 10.1 Å². The summed E-state index contributed by atoms with van der Waals surface area (Å²) in [5.74, 6) is -4.27. The topological polar surface area (TPSA) is 34.1 Å². The highest BCUT2D eigenvalue weighted by molar-refractivity contribution is 5.17. The lowest BCUT2D eigenvalue weighted by atomic mass is 10.3. The molecule has 0 aromatic carbocycles. The molecule has 0 fully saturated rings. The Balaban J connectivity index is 2.52. The molecule has 0 spiro atoms. The Morgan fingerprint density at radius 2 is 2.12 bits per heavy atom. The first-order chi connectivity index (χ1) is 7.95. The van der Waals surface area contributed by atoms with E-state index in [4.69, 9.17) is 0 Å². The number of nitrogens with zero attached hydrogens (tertiary/aromatic N) is 1. The minimum absolute atomic E-state index is 0.106. The molecule has 0 bridgehead atoms. The summed E-state index contributed by atoms with van der Waals surface area (Å²) >= 11 is 0. The zero-order valence-corrected chi connectivity index (χ0v) is 9.09. The molecule has 0 aliphatic carbocycles. The van der Waals surface area contributed by atoms with Crippen LogP contribution in [-0.2, 0) is 6.54 Å². The van der Waals surface area contributed by atoms with Crippen LogP contribution in [0.15, 0.2) is 18.3 Å². The lowest BCUT2D eigenvalue weighted by molar-refractivity contribution is -0.148. The fourth-order valence-electron chi connectivity index (χ4n) is 1.04. The molecule has 7 heteroatoms. The molecule has 0 atom stereocenters. The molecule has 1 rings (SSSR count). The number of nitrogens with one attached hydrogen (secondary N) is 1. The van der Waals surface area contributed by atoms with Gasteiger partial charge in [-0.25, -0.2) is 13.8 Å². The van der Waals surface area contributed by atoms with Crippen molar-refractivity contribution >= 4 is 0 Å². The predicted molar refractivity (Wildman–Crippen MR) is 53.4 cm³/mol. The summed E-state index contributed by atoms with van der Waals surface area (Å²) in [6.45, 7) is -0.816. The smallest absolute Gasteiger partial charge is 0.340 e. The number of halogens is 4. The summed E-state index contributed by atoms with van der Waals surface area (Å²) in [6.07, 6.45) is -2.32. The molecule has 0 aliphatic heterocycles. The predicted octanol–water partition coefficient (Wildman–Crippen LogP) is 2.08. The van der Waals surface area contributed by atoms with Crippen LogP contribution in [0, 0.1) is 0 Å². The van der Waals surface area contributed by atoms with E-state index in [0.717, 1.165) is 5.56 Å². The van der Waals surface area contributed by atoms with Crippen molar-refractivity contribution in [2.45, 2.75) is 18.9 Å². The Bertz CT molecular complexity index is 343. The summed E-state index contributed by atoms with van der Waals surface area (Å²) in [5, 5.41) is 2.87. The van der Waals surface area contributed by atoms with Gasteiger partial charge in [0.05, 0.1) is 0 Å². The number of hydrogen-bond donors (Lipinski definition) is 1. The molecule has 1 N–H and O–H groups in total. The maximum atomic E-state index is 12.5. The van der Waals surface area contributed by atoms with Gasteiger partial charge < -0.3 is 10.1 Å². The van der Waals surface area contributed by atoms with E-state index in [2.05, 4.69) is 15.0 Å². The van der Waals surface area contributed by atoms with Crippen molar-refractivity contribution in [2.24, 2.45) is 0 Å². The van der Waals surface area contributed by atoms with Crippen LogP contribution in [0.25, 0.3) is 0 Å². The largest absolute Gasteiger partial charge is 0.471 e. The molecule has 1 aromatic rings. The first-order valence-corrected chi connectivity index (χ1v) is 4.84. The number of alkyl halides is 4. The molecule has 0 unspecified atom stereocenters. The zero-order valence-electron chi connectivity index (χ0n) is 9.09. The minimum Gasteiger partial charge on any atom is -0.471 e. The van der Waals surface area contributed by atoms with Crippen molar-refractivity contribution in [2.75, 3.05) is 13.7 Å². The standard InChI is InChI=1S/C10H12F4N2O/c1-15-4-7-2-3-8(16-5-7)17-6-10(13,14)9(11)12/h2-3,5,9,15H,4,6H2,1H3. The Morgan fingerprint density at radius 1 is 1.41 bits per heavy atom. The van der Waals surface area contributed by atoms with Crippen LogP contribution in [0.2, 0.25) is 0 Å². The Kier molecular flexibility index (Phi) is 4.68. The number of hydrogen-bond acceptors (Lipinski definition) is 3. The molecule has 0 radical (unpaired) electrons. The van der Waals surface area contributed by atoms with Crippen molar-refractivity contribution in [1.82, 2.24) is 10.3 Å². The van der Waals surface area contributed by atoms with Gasteiger partial charge in [-0.05, 0) is 12.6 Å². The molecule has 3 nitrogen and oxygen atoms in total. The molecular weight excluding hydrogens is 240 g/mol. The highest BCUT2D eigenvalue weighted by Crippen LogP contribution is 2.23. The third-order valence-corrected chi connectivity index (χ3v) is 1.91. The van der Waals surface area contributed by atoms with Gasteiger partial charge in [0, 0.05) is 18.8 Å². The molecule has 0 aliphatic rings. The average Bonchev–Trinajstić information content (AvgIpc) is 2.28. The van der Waals surface area contributed by atoms with E-state index in [0.29, 0.717) is 6.54 Å². The number of ether oxygens (including phenoxy) is 1. The van der Waals surface area contributed by atoms with Crippen molar-refractivity contribution in [3.8, 4) is 5.88 Å². The summed E-state index contributed by atoms with van der Waals surface area (Å²) in [6, 6.07) is 2.97. The van der Waals surface area contributed by atoms with E-state index in [1.165, 1.54) is 12.3 Å². The van der Waals surface area contributed by atoms with Crippen LogP contribution in [0.4, 0.5) is 17.6 Å². The SMILES string of the molecule is CNCc1ccc(OCC(F)(F)C(F)F)nc1. The van der Waals surface area contributed by atoms with Gasteiger partial charge in [-0.2, -0.15) is 8.78 Å². The third-order valence-electron chi connectivity index (χ3n) is 1.91. The maximum absolute atomic E-state index is 12.5. The highest BCUT2D eigenvalue weighted by atomic mass is 19.3. The fourth-order valence-corrected chi connectivity index (χ4v) is 1.04. The molecule has 96 valence electrons. The first-order valence-electron chi connectivity index (χ1n) is 4.84. The molecule has 1 heterocycles. The summed E-state index contributed by atoms with van der Waals surface area (Å²) in [7, 11) is 1.74. The van der Waals surface area contributed by atoms with E-state index >= 15 is 0 Å². The minimum atomic E-state index is -4.16. The fraction of sp³-hybridized carbons (Fsp3) is 0.500. The second-order valence-electron chi connectivity index (χ2n) is 3.39. The number of rotatable bonds is 6. The van der Waals surface area contributed by atoms with Crippen molar-refractivity contribution < 1.29 is 22.3 Å². The molecule has 0 amide bonds. The maximum Gasteiger partial charge on any atom is 0.340 e. The van der Waals surface area contributed by atoms with E-state index in [1.54, 1.807) is 13.1 Å². The summed E-state index contributed by atoms with van der Waals surface area (Å²) < 4.78 is 53.2. The lowest BCUT2D eigenvalue weighted by Gasteiger charge is -2.15. The molecule has 0 saturated carbocycles. The Morgan fingerprint density at radius 3 is 2.59 bits per heavy atom. The molecule has 0 saturated heterocycles. The monoisotopic (exact) mass is 252 g/mol. The second kappa shape index (κ2) is 5.81. The van der Waals surface area contributed by atoms with E-state index in [9.17, 15) is 17.6 Å². The Hall–Kier alpha value is -1.37. The normalized spacial score (nSPS) is 11.9. The van der Waals surface area contributed by atoms with Gasteiger partial charge in [0.15, 0.2) is 6.61 Å². The summed E-state index contributed by atoms with van der Waals surface area (Å²) in [5.41, 5.74) is 0.834. The van der Waals surface area contributed by atoms with Crippen LogP contribution in [0.3, 0.4) is 0 Å². The van der Waals surface area contributed by atoms with Gasteiger partial charge in [0.25, 0.3) is 0 Å². The van der Waals surface area contributed by atoms with Gasteiger partial charge in [-0.15, -0.1) is 0 Å². The average molecular weight is 252 g/mol. The quantitative estimate of drug-likeness (QED) is 0.787. The zero-order chi connectivity index (χ0) is 12.9. The Labute approximate surface area is 95.8 Å². The molecule has 17 heavy (non-hydrogen) atoms. The first kappa shape index (κ1) is 13.7. The van der Waals surface area contributed by atoms with Crippen LogP contribution in [-0.4, -0.2) is 31.0 Å². The highest BCUT2D eigenvalue weighted by Gasteiger charge is 2.41. The van der Waals surface area contributed by atoms with Gasteiger partial charge in [-0.1, -0.05) is 6.07 Å². The summed E-state index contributed by atoms with van der Waals surface area (Å²) in [4.78, 5) is 3.72. The molecule has 1 aromatic heterocycles. The van der Waals surface area contributed by atoms with E-state index in [-0.39, 0.29) is 5.88 Å². The van der Waals surface area contributed by atoms with Crippen molar-refractivity contribution in [3.63, 3.8) is 0 Å². The lowest BCUT2D eigenvalue weighted by Crippen LogP contribution is -2.33. The van der Waals surface area contributed by atoms with E-state index in [1.807, 2.05) is 0 Å². The van der Waals surface area contributed by atoms with Crippen molar-refractivity contribution in [3.05, 3.63) is 23.9 Å². The van der Waals surface area contributed by atoms with Gasteiger partial charge in [0.2, 0.25) is 5.88 Å². The van der Waals surface area contributed by atoms with Crippen molar-refractivity contribution in [1.29, 1.82) is 0 Å². The van der Waals surface area contributed by atoms with Crippen LogP contribution >= 0.6 is 0 Å². The number of aromatic nitrogens is 1. The van der Waals surface area contributed by atoms with Crippen LogP contribution in [0.5, 0.6) is 5.88 Å².